The molecule has 0 aliphatic heterocycles. The molecule has 0 saturated heterocycles. The minimum atomic E-state index is -4.62. The Balaban J connectivity index is 2.07. The second-order valence-corrected chi connectivity index (χ2v) is 7.78. The minimum absolute atomic E-state index is 0.0376. The number of carbonyl (C=O) groups is 3. The van der Waals surface area contributed by atoms with Crippen molar-refractivity contribution in [2.75, 3.05) is 6.61 Å². The molecule has 0 fully saturated rings. The van der Waals surface area contributed by atoms with Crippen LogP contribution in [0.4, 0.5) is 13.2 Å². The molecule has 1 amide bonds. The molecule has 0 spiro atoms. The molecule has 2 atom stereocenters. The lowest BCUT2D eigenvalue weighted by molar-refractivity contribution is -0.189. The Hall–Kier alpha value is -3.36. The van der Waals surface area contributed by atoms with Gasteiger partial charge in [-0.25, -0.2) is 0 Å². The summed E-state index contributed by atoms with van der Waals surface area (Å²) in [6.07, 6.45) is -4.87. The van der Waals surface area contributed by atoms with Gasteiger partial charge in [-0.3, -0.25) is 14.4 Å². The van der Waals surface area contributed by atoms with Gasteiger partial charge in [-0.05, 0) is 29.5 Å². The van der Waals surface area contributed by atoms with Gasteiger partial charge in [0.15, 0.2) is 6.61 Å². The van der Waals surface area contributed by atoms with E-state index in [0.717, 1.165) is 16.7 Å². The molecule has 9 heteroatoms. The third-order valence-corrected chi connectivity index (χ3v) is 4.89. The van der Waals surface area contributed by atoms with Gasteiger partial charge in [0.2, 0.25) is 5.91 Å². The van der Waals surface area contributed by atoms with Crippen LogP contribution in [-0.4, -0.2) is 41.8 Å². The molecule has 2 aromatic carbocycles. The van der Waals surface area contributed by atoms with Crippen LogP contribution in [0, 0.1) is 5.92 Å². The summed E-state index contributed by atoms with van der Waals surface area (Å²) >= 11 is 0. The second-order valence-electron chi connectivity index (χ2n) is 7.78. The van der Waals surface area contributed by atoms with Gasteiger partial charge in [-0.2, -0.15) is 13.2 Å². The van der Waals surface area contributed by atoms with Gasteiger partial charge in [0.25, 0.3) is 0 Å². The summed E-state index contributed by atoms with van der Waals surface area (Å²) in [5.41, 5.74) is 2.86. The molecule has 2 N–H and O–H groups in total. The molecule has 6 nitrogen and oxygen atoms in total. The van der Waals surface area contributed by atoms with E-state index in [4.69, 9.17) is 5.11 Å². The predicted octanol–water partition coefficient (Wildman–Crippen LogP) is 4.38. The number of benzene rings is 2. The van der Waals surface area contributed by atoms with Crippen molar-refractivity contribution in [2.24, 2.45) is 5.92 Å². The predicted molar refractivity (Wildman–Crippen MR) is 115 cm³/mol. The first kappa shape index (κ1) is 25.9. The van der Waals surface area contributed by atoms with Crippen molar-refractivity contribution in [3.8, 4) is 11.1 Å². The summed E-state index contributed by atoms with van der Waals surface area (Å²) in [6, 6.07) is 16.7. The fourth-order valence-corrected chi connectivity index (χ4v) is 3.28. The van der Waals surface area contributed by atoms with Crippen molar-refractivity contribution >= 4 is 17.8 Å². The zero-order chi connectivity index (χ0) is 24.4. The van der Waals surface area contributed by atoms with Crippen LogP contribution in [0.5, 0.6) is 0 Å². The normalized spacial score (nSPS) is 13.1. The van der Waals surface area contributed by atoms with Crippen LogP contribution in [-0.2, 0) is 25.5 Å². The summed E-state index contributed by atoms with van der Waals surface area (Å²) in [5.74, 6) is -3.56. The number of rotatable bonds is 11. The maximum Gasteiger partial charge on any atom is 0.422 e. The molecule has 0 bridgehead atoms. The lowest BCUT2D eigenvalue weighted by atomic mass is 9.94. The summed E-state index contributed by atoms with van der Waals surface area (Å²) in [5, 5.41) is 11.5. The first-order chi connectivity index (χ1) is 15.5. The molecule has 0 aromatic heterocycles. The van der Waals surface area contributed by atoms with Crippen molar-refractivity contribution in [2.45, 2.75) is 44.8 Å². The van der Waals surface area contributed by atoms with Gasteiger partial charge in [-0.1, -0.05) is 61.5 Å². The highest BCUT2D eigenvalue weighted by Crippen LogP contribution is 2.21. The molecule has 0 radical (unpaired) electrons. The zero-order valence-corrected chi connectivity index (χ0v) is 18.1. The average Bonchev–Trinajstić information content (AvgIpc) is 2.76. The lowest BCUT2D eigenvalue weighted by Gasteiger charge is -2.22. The molecule has 2 aromatic rings. The van der Waals surface area contributed by atoms with Gasteiger partial charge in [0, 0.05) is 12.5 Å². The third-order valence-electron chi connectivity index (χ3n) is 4.89. The van der Waals surface area contributed by atoms with Crippen LogP contribution in [0.25, 0.3) is 11.1 Å². The van der Waals surface area contributed by atoms with Crippen LogP contribution in [0.1, 0.15) is 31.7 Å². The SMILES string of the molecule is C[C@H](C[C@@H](Cc1ccc(-c2ccccc2)cc1)NC(=O)CCC(=O)O)C(=O)OCC(F)(F)F. The minimum Gasteiger partial charge on any atom is -0.481 e. The van der Waals surface area contributed by atoms with E-state index in [1.54, 1.807) is 0 Å². The van der Waals surface area contributed by atoms with Crippen molar-refractivity contribution in [1.29, 1.82) is 0 Å². The summed E-state index contributed by atoms with van der Waals surface area (Å²) in [4.78, 5) is 34.8. The fourth-order valence-electron chi connectivity index (χ4n) is 3.28. The molecule has 0 aliphatic carbocycles. The number of esters is 1. The van der Waals surface area contributed by atoms with Crippen LogP contribution >= 0.6 is 0 Å². The first-order valence-corrected chi connectivity index (χ1v) is 10.4. The molecule has 0 saturated carbocycles. The Labute approximate surface area is 189 Å². The molecule has 33 heavy (non-hydrogen) atoms. The number of nitrogens with one attached hydrogen (secondary N) is 1. The highest BCUT2D eigenvalue weighted by Gasteiger charge is 2.31. The number of ether oxygens (including phenoxy) is 1. The summed E-state index contributed by atoms with van der Waals surface area (Å²) in [6.45, 7) is -0.250. The van der Waals surface area contributed by atoms with Gasteiger partial charge >= 0.3 is 18.1 Å². The van der Waals surface area contributed by atoms with Crippen molar-refractivity contribution < 1.29 is 37.4 Å². The molecule has 0 heterocycles. The molecule has 0 unspecified atom stereocenters. The topological polar surface area (TPSA) is 92.7 Å². The number of aliphatic carboxylic acids is 1. The molecule has 2 rings (SSSR count). The number of alkyl halides is 3. The van der Waals surface area contributed by atoms with E-state index in [0.29, 0.717) is 6.42 Å². The average molecular weight is 465 g/mol. The number of amides is 1. The summed E-state index contributed by atoms with van der Waals surface area (Å²) < 4.78 is 41.3. The third kappa shape index (κ3) is 9.76. The molecular weight excluding hydrogens is 439 g/mol. The van der Waals surface area contributed by atoms with Crippen LogP contribution in [0.15, 0.2) is 54.6 Å². The van der Waals surface area contributed by atoms with Crippen molar-refractivity contribution in [3.63, 3.8) is 0 Å². The van der Waals surface area contributed by atoms with Crippen LogP contribution in [0.2, 0.25) is 0 Å². The van der Waals surface area contributed by atoms with Crippen LogP contribution < -0.4 is 5.32 Å². The maximum atomic E-state index is 12.3. The van der Waals surface area contributed by atoms with E-state index < -0.39 is 42.6 Å². The van der Waals surface area contributed by atoms with E-state index in [2.05, 4.69) is 10.1 Å². The molecular formula is C24H26F3NO5. The number of carbonyl (C=O) groups excluding carboxylic acids is 2. The van der Waals surface area contributed by atoms with Crippen molar-refractivity contribution in [3.05, 3.63) is 60.2 Å². The molecule has 0 aliphatic rings. The molecule has 178 valence electrons. The Kier molecular flexibility index (Phi) is 9.44. The Bertz CT molecular complexity index is 929. The smallest absolute Gasteiger partial charge is 0.422 e. The Morgan fingerprint density at radius 3 is 2.15 bits per heavy atom. The van der Waals surface area contributed by atoms with Gasteiger partial charge < -0.3 is 15.2 Å². The van der Waals surface area contributed by atoms with Crippen molar-refractivity contribution in [1.82, 2.24) is 5.32 Å². The Morgan fingerprint density at radius 2 is 1.58 bits per heavy atom. The monoisotopic (exact) mass is 465 g/mol. The van der Waals surface area contributed by atoms with E-state index in [1.165, 1.54) is 6.92 Å². The number of halogens is 3. The quantitative estimate of drug-likeness (QED) is 0.481. The van der Waals surface area contributed by atoms with Gasteiger partial charge in [0.1, 0.15) is 0 Å². The standard InChI is InChI=1S/C24H26F3NO5/c1-16(23(32)33-15-24(25,26)27)13-20(28-21(29)11-12-22(30)31)14-17-7-9-19(10-8-17)18-5-3-2-4-6-18/h2-10,16,20H,11-15H2,1H3,(H,28,29)(H,30,31)/t16-,20+/m1/s1. The van der Waals surface area contributed by atoms with E-state index in [-0.39, 0.29) is 19.3 Å². The van der Waals surface area contributed by atoms with Crippen LogP contribution in [0.3, 0.4) is 0 Å². The largest absolute Gasteiger partial charge is 0.481 e. The Morgan fingerprint density at radius 1 is 0.970 bits per heavy atom. The van der Waals surface area contributed by atoms with Gasteiger partial charge in [0.05, 0.1) is 12.3 Å². The fraction of sp³-hybridized carbons (Fsp3) is 0.375. The number of carboxylic acid groups (broad SMARTS) is 1. The number of hydrogen-bond donors (Lipinski definition) is 2. The van der Waals surface area contributed by atoms with E-state index in [1.807, 2.05) is 54.6 Å². The first-order valence-electron chi connectivity index (χ1n) is 10.4. The summed E-state index contributed by atoms with van der Waals surface area (Å²) in [7, 11) is 0. The maximum absolute atomic E-state index is 12.3. The highest BCUT2D eigenvalue weighted by molar-refractivity contribution is 5.81. The zero-order valence-electron chi connectivity index (χ0n) is 18.1. The van der Waals surface area contributed by atoms with Gasteiger partial charge in [-0.15, -0.1) is 0 Å². The number of carboxylic acids is 1. The second kappa shape index (κ2) is 12.0. The van der Waals surface area contributed by atoms with E-state index >= 15 is 0 Å². The number of hydrogen-bond acceptors (Lipinski definition) is 4. The highest BCUT2D eigenvalue weighted by atomic mass is 19.4. The lowest BCUT2D eigenvalue weighted by Crippen LogP contribution is -2.39. The van der Waals surface area contributed by atoms with E-state index in [9.17, 15) is 27.6 Å².